The Morgan fingerprint density at radius 1 is 1.28 bits per heavy atom. The Labute approximate surface area is 112 Å². The lowest BCUT2D eigenvalue weighted by molar-refractivity contribution is 0.0713. The molecule has 97 valence electrons. The lowest BCUT2D eigenvalue weighted by Gasteiger charge is -2.30. The number of likely N-dealkylation sites (tertiary alicyclic amines) is 1. The molecule has 18 heavy (non-hydrogen) atoms. The van der Waals surface area contributed by atoms with Gasteiger partial charge in [0.1, 0.15) is 0 Å². The van der Waals surface area contributed by atoms with Crippen molar-refractivity contribution in [3.63, 3.8) is 0 Å². The SMILES string of the molecule is NC1CCN(C(=O)c2[c]sc3c2CCCC3)CC1. The van der Waals surface area contributed by atoms with E-state index in [9.17, 15) is 4.79 Å². The van der Waals surface area contributed by atoms with Gasteiger partial charge in [-0.1, -0.05) is 0 Å². The van der Waals surface area contributed by atoms with E-state index in [-0.39, 0.29) is 11.9 Å². The van der Waals surface area contributed by atoms with Crippen molar-refractivity contribution in [3.8, 4) is 0 Å². The number of amides is 1. The van der Waals surface area contributed by atoms with Crippen LogP contribution in [0.5, 0.6) is 0 Å². The molecule has 2 heterocycles. The van der Waals surface area contributed by atoms with Gasteiger partial charge in [0.15, 0.2) is 0 Å². The summed E-state index contributed by atoms with van der Waals surface area (Å²) in [6.45, 7) is 1.61. The van der Waals surface area contributed by atoms with Crippen LogP contribution in [0.15, 0.2) is 0 Å². The van der Waals surface area contributed by atoms with E-state index in [2.05, 4.69) is 5.38 Å². The number of carbonyl (C=O) groups excluding carboxylic acids is 1. The summed E-state index contributed by atoms with van der Waals surface area (Å²) in [6, 6.07) is 0.273. The molecule has 1 fully saturated rings. The summed E-state index contributed by atoms with van der Waals surface area (Å²) in [5.74, 6) is 0.182. The first-order chi connectivity index (χ1) is 8.75. The van der Waals surface area contributed by atoms with Gasteiger partial charge in [0, 0.05) is 24.0 Å². The third-order valence-corrected chi connectivity index (χ3v) is 5.04. The topological polar surface area (TPSA) is 46.3 Å². The van der Waals surface area contributed by atoms with Crippen LogP contribution in [0.1, 0.15) is 46.5 Å². The van der Waals surface area contributed by atoms with E-state index in [1.807, 2.05) is 4.90 Å². The highest BCUT2D eigenvalue weighted by Gasteiger charge is 2.26. The molecule has 1 amide bonds. The summed E-state index contributed by atoms with van der Waals surface area (Å²) >= 11 is 1.65. The van der Waals surface area contributed by atoms with Crippen molar-refractivity contribution >= 4 is 17.2 Å². The van der Waals surface area contributed by atoms with Crippen molar-refractivity contribution in [2.75, 3.05) is 13.1 Å². The predicted octanol–water partition coefficient (Wildman–Crippen LogP) is 1.99. The van der Waals surface area contributed by atoms with Gasteiger partial charge in [0.25, 0.3) is 5.91 Å². The molecule has 0 spiro atoms. The first-order valence-electron chi connectivity index (χ1n) is 6.83. The number of nitrogens with two attached hydrogens (primary N) is 1. The molecule has 0 aromatic carbocycles. The van der Waals surface area contributed by atoms with E-state index in [4.69, 9.17) is 5.73 Å². The Balaban J connectivity index is 1.78. The molecule has 0 bridgehead atoms. The lowest BCUT2D eigenvalue weighted by atomic mass is 9.95. The average Bonchev–Trinajstić information content (AvgIpc) is 2.82. The lowest BCUT2D eigenvalue weighted by Crippen LogP contribution is -2.43. The summed E-state index contributed by atoms with van der Waals surface area (Å²) in [6.07, 6.45) is 6.52. The molecule has 3 rings (SSSR count). The summed E-state index contributed by atoms with van der Waals surface area (Å²) in [4.78, 5) is 15.8. The first kappa shape index (κ1) is 12.2. The highest BCUT2D eigenvalue weighted by atomic mass is 32.1. The van der Waals surface area contributed by atoms with Crippen molar-refractivity contribution in [1.29, 1.82) is 0 Å². The van der Waals surface area contributed by atoms with Crippen LogP contribution in [0.25, 0.3) is 0 Å². The number of nitrogens with zero attached hydrogens (tertiary/aromatic N) is 1. The van der Waals surface area contributed by atoms with E-state index >= 15 is 0 Å². The van der Waals surface area contributed by atoms with Gasteiger partial charge in [-0.3, -0.25) is 4.79 Å². The van der Waals surface area contributed by atoms with Gasteiger partial charge >= 0.3 is 0 Å². The number of piperidine rings is 1. The molecule has 2 N–H and O–H groups in total. The van der Waals surface area contributed by atoms with Crippen LogP contribution in [0.2, 0.25) is 0 Å². The van der Waals surface area contributed by atoms with Gasteiger partial charge < -0.3 is 10.6 Å². The van der Waals surface area contributed by atoms with E-state index in [0.717, 1.165) is 44.3 Å². The maximum absolute atomic E-state index is 12.5. The Morgan fingerprint density at radius 3 is 2.78 bits per heavy atom. The average molecular weight is 263 g/mol. The maximum atomic E-state index is 12.5. The molecule has 4 heteroatoms. The number of carbonyl (C=O) groups is 1. The van der Waals surface area contributed by atoms with Crippen molar-refractivity contribution in [3.05, 3.63) is 21.4 Å². The zero-order valence-electron chi connectivity index (χ0n) is 10.6. The molecule has 1 aromatic heterocycles. The normalized spacial score (nSPS) is 20.8. The summed E-state index contributed by atoms with van der Waals surface area (Å²) in [5.41, 5.74) is 8.02. The van der Waals surface area contributed by atoms with Gasteiger partial charge in [-0.05, 0) is 44.1 Å². The van der Waals surface area contributed by atoms with Crippen LogP contribution in [0.3, 0.4) is 0 Å². The molecule has 3 nitrogen and oxygen atoms in total. The van der Waals surface area contributed by atoms with Crippen molar-refractivity contribution in [2.45, 2.75) is 44.6 Å². The Kier molecular flexibility index (Phi) is 3.39. The highest BCUT2D eigenvalue weighted by Crippen LogP contribution is 2.30. The molecule has 0 unspecified atom stereocenters. The zero-order valence-corrected chi connectivity index (χ0v) is 11.4. The van der Waals surface area contributed by atoms with E-state index in [0.29, 0.717) is 0 Å². The van der Waals surface area contributed by atoms with Gasteiger partial charge in [-0.25, -0.2) is 0 Å². The summed E-state index contributed by atoms with van der Waals surface area (Å²) < 4.78 is 0. The number of hydrogen-bond acceptors (Lipinski definition) is 3. The van der Waals surface area contributed by atoms with E-state index in [1.165, 1.54) is 23.3 Å². The largest absolute Gasteiger partial charge is 0.338 e. The second-order valence-electron chi connectivity index (χ2n) is 5.32. The Bertz CT molecular complexity index is 447. The van der Waals surface area contributed by atoms with Crippen molar-refractivity contribution in [1.82, 2.24) is 4.90 Å². The molecular formula is C14H19N2OS. The number of hydrogen-bond donors (Lipinski definition) is 1. The van der Waals surface area contributed by atoms with Crippen molar-refractivity contribution in [2.24, 2.45) is 5.73 Å². The quantitative estimate of drug-likeness (QED) is 0.842. The Morgan fingerprint density at radius 2 is 2.00 bits per heavy atom. The predicted molar refractivity (Wildman–Crippen MR) is 72.9 cm³/mol. The van der Waals surface area contributed by atoms with E-state index < -0.39 is 0 Å². The fourth-order valence-corrected chi connectivity index (χ4v) is 3.87. The smallest absolute Gasteiger partial charge is 0.255 e. The minimum Gasteiger partial charge on any atom is -0.338 e. The second kappa shape index (κ2) is 5.02. The number of thiophene rings is 1. The van der Waals surface area contributed by atoms with Crippen LogP contribution in [-0.4, -0.2) is 29.9 Å². The number of fused-ring (bicyclic) bond motifs is 1. The van der Waals surface area contributed by atoms with Crippen LogP contribution >= 0.6 is 11.3 Å². The molecule has 2 aliphatic rings. The van der Waals surface area contributed by atoms with E-state index in [1.54, 1.807) is 11.3 Å². The van der Waals surface area contributed by atoms with Gasteiger partial charge in [-0.2, -0.15) is 0 Å². The molecule has 0 saturated carbocycles. The van der Waals surface area contributed by atoms with Gasteiger partial charge in [0.2, 0.25) is 0 Å². The zero-order chi connectivity index (χ0) is 12.5. The van der Waals surface area contributed by atoms with Crippen molar-refractivity contribution < 1.29 is 4.79 Å². The molecule has 1 aromatic rings. The standard InChI is InChI=1S/C14H19N2OS/c15-10-5-7-16(8-6-10)14(17)12-9-18-13-4-2-1-3-11(12)13/h10H,1-8,15H2. The minimum absolute atomic E-state index is 0.182. The molecule has 0 atom stereocenters. The second-order valence-corrected chi connectivity index (χ2v) is 6.22. The Hall–Kier alpha value is -0.870. The molecule has 1 aliphatic heterocycles. The van der Waals surface area contributed by atoms with Gasteiger partial charge in [-0.15, -0.1) is 11.3 Å². The fraction of sp³-hybridized carbons (Fsp3) is 0.643. The molecule has 1 radical (unpaired) electrons. The summed E-state index contributed by atoms with van der Waals surface area (Å²) in [5, 5.41) is 3.24. The third-order valence-electron chi connectivity index (χ3n) is 4.04. The third kappa shape index (κ3) is 2.19. The van der Waals surface area contributed by atoms with Gasteiger partial charge in [0.05, 0.1) is 10.9 Å². The van der Waals surface area contributed by atoms with Crippen LogP contribution in [0.4, 0.5) is 0 Å². The first-order valence-corrected chi connectivity index (χ1v) is 7.64. The number of rotatable bonds is 1. The molecular weight excluding hydrogens is 244 g/mol. The summed E-state index contributed by atoms with van der Waals surface area (Å²) in [7, 11) is 0. The van der Waals surface area contributed by atoms with Crippen LogP contribution in [0, 0.1) is 5.38 Å². The highest BCUT2D eigenvalue weighted by molar-refractivity contribution is 7.10. The molecule has 1 saturated heterocycles. The fourth-order valence-electron chi connectivity index (χ4n) is 2.86. The maximum Gasteiger partial charge on any atom is 0.255 e. The molecule has 1 aliphatic carbocycles. The van der Waals surface area contributed by atoms with Crippen LogP contribution in [-0.2, 0) is 12.8 Å². The van der Waals surface area contributed by atoms with Crippen LogP contribution < -0.4 is 5.73 Å². The minimum atomic E-state index is 0.182. The number of aryl methyl sites for hydroxylation is 1. The monoisotopic (exact) mass is 263 g/mol.